The molecular weight excluding hydrogens is 296 g/mol. The van der Waals surface area contributed by atoms with Crippen molar-refractivity contribution < 1.29 is 23.4 Å². The van der Waals surface area contributed by atoms with Crippen LogP contribution in [-0.4, -0.2) is 37.2 Å². The van der Waals surface area contributed by atoms with Crippen molar-refractivity contribution in [2.45, 2.75) is 10.9 Å². The van der Waals surface area contributed by atoms with Crippen LogP contribution in [-0.2, 0) is 14.8 Å². The zero-order valence-electron chi connectivity index (χ0n) is 9.37. The number of carboxylic acid groups (broad SMARTS) is 1. The van der Waals surface area contributed by atoms with Crippen LogP contribution in [0.5, 0.6) is 0 Å². The van der Waals surface area contributed by atoms with Crippen LogP contribution in [0.2, 0.25) is 5.02 Å². The summed E-state index contributed by atoms with van der Waals surface area (Å²) in [6.07, 6.45) is 0. The monoisotopic (exact) mass is 304 g/mol. The van der Waals surface area contributed by atoms with Crippen LogP contribution in [0.1, 0.15) is 5.56 Å². The predicted octanol–water partition coefficient (Wildman–Crippen LogP) is -0.0645. The number of aliphatic hydroxyl groups is 1. The summed E-state index contributed by atoms with van der Waals surface area (Å²) >= 11 is 5.71. The van der Waals surface area contributed by atoms with Gasteiger partial charge in [0.05, 0.1) is 23.3 Å². The Balaban J connectivity index is 3.21. The van der Waals surface area contributed by atoms with Crippen molar-refractivity contribution in [1.82, 2.24) is 4.72 Å². The number of halogens is 1. The van der Waals surface area contributed by atoms with E-state index in [0.717, 1.165) is 6.07 Å². The first kappa shape index (κ1) is 15.4. The van der Waals surface area contributed by atoms with E-state index >= 15 is 0 Å². The van der Waals surface area contributed by atoms with Gasteiger partial charge in [-0.3, -0.25) is 4.79 Å². The molecule has 0 radical (unpaired) electrons. The number of hydrogen-bond acceptors (Lipinski definition) is 5. The SMILES string of the molecule is N#Cc1ccc(Cl)c(S(=O)(=O)NC(CO)C(=O)O)c1. The third-order valence-corrected chi connectivity index (χ3v) is 4.08. The van der Waals surface area contributed by atoms with Gasteiger partial charge in [-0.25, -0.2) is 8.42 Å². The van der Waals surface area contributed by atoms with Gasteiger partial charge >= 0.3 is 5.97 Å². The molecule has 3 N–H and O–H groups in total. The Bertz CT molecular complexity index is 638. The third kappa shape index (κ3) is 3.65. The Hall–Kier alpha value is -1.66. The van der Waals surface area contributed by atoms with Crippen molar-refractivity contribution in [3.8, 4) is 6.07 Å². The van der Waals surface area contributed by atoms with E-state index < -0.39 is 33.5 Å². The van der Waals surface area contributed by atoms with Crippen LogP contribution in [0.25, 0.3) is 0 Å². The summed E-state index contributed by atoms with van der Waals surface area (Å²) in [5, 5.41) is 26.0. The average Bonchev–Trinajstić information content (AvgIpc) is 2.36. The molecule has 0 spiro atoms. The van der Waals surface area contributed by atoms with E-state index in [1.54, 1.807) is 10.8 Å². The van der Waals surface area contributed by atoms with E-state index in [1.807, 2.05) is 0 Å². The van der Waals surface area contributed by atoms with E-state index in [2.05, 4.69) is 0 Å². The number of rotatable bonds is 5. The second-order valence-electron chi connectivity index (χ2n) is 3.45. The number of aliphatic carboxylic acids is 1. The highest BCUT2D eigenvalue weighted by molar-refractivity contribution is 7.89. The first-order valence-corrected chi connectivity index (χ1v) is 6.73. The van der Waals surface area contributed by atoms with E-state index in [9.17, 15) is 13.2 Å². The van der Waals surface area contributed by atoms with E-state index in [4.69, 9.17) is 27.1 Å². The standard InChI is InChI=1S/C10H9ClN2O5S/c11-7-2-1-6(4-12)3-9(7)19(17,18)13-8(5-14)10(15)16/h1-3,8,13-14H,5H2,(H,15,16). The van der Waals surface area contributed by atoms with Crippen molar-refractivity contribution in [3.63, 3.8) is 0 Å². The number of nitrogens with zero attached hydrogens (tertiary/aromatic N) is 1. The molecule has 0 heterocycles. The molecule has 0 aromatic heterocycles. The number of carboxylic acids is 1. The summed E-state index contributed by atoms with van der Waals surface area (Å²) in [6, 6.07) is 3.60. The van der Waals surface area contributed by atoms with Gasteiger partial charge in [-0.15, -0.1) is 0 Å². The molecule has 9 heteroatoms. The maximum atomic E-state index is 11.9. The van der Waals surface area contributed by atoms with Crippen LogP contribution in [0.15, 0.2) is 23.1 Å². The number of nitriles is 1. The predicted molar refractivity (Wildman–Crippen MR) is 65.0 cm³/mol. The molecule has 0 amide bonds. The quantitative estimate of drug-likeness (QED) is 0.699. The highest BCUT2D eigenvalue weighted by atomic mass is 35.5. The fraction of sp³-hybridized carbons (Fsp3) is 0.200. The minimum Gasteiger partial charge on any atom is -0.480 e. The molecule has 0 aliphatic rings. The van der Waals surface area contributed by atoms with Crippen molar-refractivity contribution in [3.05, 3.63) is 28.8 Å². The smallest absolute Gasteiger partial charge is 0.324 e. The first-order chi connectivity index (χ1) is 8.81. The minimum absolute atomic E-state index is 0.0562. The van der Waals surface area contributed by atoms with Gasteiger partial charge in [0.1, 0.15) is 10.9 Å². The van der Waals surface area contributed by atoms with E-state index in [-0.39, 0.29) is 10.6 Å². The Morgan fingerprint density at radius 1 is 1.53 bits per heavy atom. The lowest BCUT2D eigenvalue weighted by Gasteiger charge is -2.13. The normalized spacial score (nSPS) is 12.7. The fourth-order valence-electron chi connectivity index (χ4n) is 1.20. The molecule has 7 nitrogen and oxygen atoms in total. The summed E-state index contributed by atoms with van der Waals surface area (Å²) in [5.41, 5.74) is 0.0562. The molecule has 1 aromatic rings. The third-order valence-electron chi connectivity index (χ3n) is 2.13. The largest absolute Gasteiger partial charge is 0.480 e. The lowest BCUT2D eigenvalue weighted by molar-refractivity contribution is -0.139. The summed E-state index contributed by atoms with van der Waals surface area (Å²) in [6.45, 7) is -0.913. The summed E-state index contributed by atoms with van der Waals surface area (Å²) in [7, 11) is -4.25. The van der Waals surface area contributed by atoms with Gasteiger partial charge in [0.2, 0.25) is 10.0 Å². The molecule has 1 atom stereocenters. The summed E-state index contributed by atoms with van der Waals surface area (Å²) < 4.78 is 25.6. The van der Waals surface area contributed by atoms with Crippen molar-refractivity contribution >= 4 is 27.6 Å². The van der Waals surface area contributed by atoms with Crippen LogP contribution < -0.4 is 4.72 Å². The topological polar surface area (TPSA) is 127 Å². The first-order valence-electron chi connectivity index (χ1n) is 4.87. The highest BCUT2D eigenvalue weighted by Crippen LogP contribution is 2.22. The number of sulfonamides is 1. The van der Waals surface area contributed by atoms with E-state index in [1.165, 1.54) is 12.1 Å². The zero-order chi connectivity index (χ0) is 14.6. The lowest BCUT2D eigenvalue weighted by Crippen LogP contribution is -2.43. The molecule has 0 aliphatic heterocycles. The lowest BCUT2D eigenvalue weighted by atomic mass is 10.2. The second-order valence-corrected chi connectivity index (χ2v) is 5.54. The molecular formula is C10H9ClN2O5S. The van der Waals surface area contributed by atoms with Crippen LogP contribution in [0.3, 0.4) is 0 Å². The minimum atomic E-state index is -4.25. The molecule has 102 valence electrons. The number of hydrogen-bond donors (Lipinski definition) is 3. The molecule has 0 aliphatic carbocycles. The molecule has 0 bridgehead atoms. The van der Waals surface area contributed by atoms with Crippen molar-refractivity contribution in [2.75, 3.05) is 6.61 Å². The van der Waals surface area contributed by atoms with Crippen LogP contribution in [0, 0.1) is 11.3 Å². The van der Waals surface area contributed by atoms with Gasteiger partial charge in [-0.2, -0.15) is 9.98 Å². The molecule has 1 aromatic carbocycles. The fourth-order valence-corrected chi connectivity index (χ4v) is 2.90. The molecule has 0 saturated heterocycles. The zero-order valence-corrected chi connectivity index (χ0v) is 10.9. The highest BCUT2D eigenvalue weighted by Gasteiger charge is 2.26. The average molecular weight is 305 g/mol. The molecule has 0 fully saturated rings. The Morgan fingerprint density at radius 2 is 2.16 bits per heavy atom. The van der Waals surface area contributed by atoms with Gasteiger partial charge < -0.3 is 10.2 Å². The molecule has 19 heavy (non-hydrogen) atoms. The van der Waals surface area contributed by atoms with Gasteiger partial charge in [0.25, 0.3) is 0 Å². The maximum Gasteiger partial charge on any atom is 0.324 e. The van der Waals surface area contributed by atoms with Gasteiger partial charge in [0.15, 0.2) is 0 Å². The van der Waals surface area contributed by atoms with Crippen molar-refractivity contribution in [2.24, 2.45) is 0 Å². The second kappa shape index (κ2) is 5.99. The summed E-state index contributed by atoms with van der Waals surface area (Å²) in [5.74, 6) is -1.53. The number of nitrogens with one attached hydrogen (secondary N) is 1. The van der Waals surface area contributed by atoms with E-state index in [0.29, 0.717) is 0 Å². The van der Waals surface area contributed by atoms with Crippen LogP contribution in [0.4, 0.5) is 0 Å². The number of carbonyl (C=O) groups is 1. The van der Waals surface area contributed by atoms with Crippen LogP contribution >= 0.6 is 11.6 Å². The molecule has 1 unspecified atom stereocenters. The molecule has 0 saturated carbocycles. The molecule has 1 rings (SSSR count). The Kier molecular flexibility index (Phi) is 4.85. The Morgan fingerprint density at radius 3 is 2.63 bits per heavy atom. The maximum absolute atomic E-state index is 11.9. The number of benzene rings is 1. The summed E-state index contributed by atoms with van der Waals surface area (Å²) in [4.78, 5) is 10.3. The van der Waals surface area contributed by atoms with Gasteiger partial charge in [-0.1, -0.05) is 11.6 Å². The van der Waals surface area contributed by atoms with Crippen molar-refractivity contribution in [1.29, 1.82) is 5.26 Å². The Labute approximate surface area is 114 Å². The number of aliphatic hydroxyl groups excluding tert-OH is 1. The van der Waals surface area contributed by atoms with Gasteiger partial charge in [-0.05, 0) is 18.2 Å². The van der Waals surface area contributed by atoms with Gasteiger partial charge in [0, 0.05) is 0 Å².